The van der Waals surface area contributed by atoms with Gasteiger partial charge in [0.2, 0.25) is 0 Å². The maximum Gasteiger partial charge on any atom is 0.273 e. The number of hydrogen-bond donors (Lipinski definition) is 2. The van der Waals surface area contributed by atoms with Crippen molar-refractivity contribution >= 4 is 28.1 Å². The van der Waals surface area contributed by atoms with Crippen molar-refractivity contribution in [3.8, 4) is 5.75 Å². The second-order valence-corrected chi connectivity index (χ2v) is 5.38. The molecule has 0 fully saturated rings. The van der Waals surface area contributed by atoms with Crippen LogP contribution in [0.5, 0.6) is 5.75 Å². The standard InChI is InChI=1S/C16H15BrN2O3/c1-22-14-8-2-11(3-9-14)10-18-19-16(21)15(20)12-4-6-13(17)7-5-12/h2-10,15,20H,1H3,(H,19,21)/b18-10+/t15-/m0/s1. The monoisotopic (exact) mass is 362 g/mol. The summed E-state index contributed by atoms with van der Waals surface area (Å²) in [5.74, 6) is 0.152. The molecule has 0 saturated carbocycles. The van der Waals surface area contributed by atoms with E-state index in [4.69, 9.17) is 4.74 Å². The quantitative estimate of drug-likeness (QED) is 0.634. The van der Waals surface area contributed by atoms with Crippen molar-refractivity contribution in [2.24, 2.45) is 5.10 Å². The Bertz CT molecular complexity index is 654. The third-order valence-electron chi connectivity index (χ3n) is 2.94. The van der Waals surface area contributed by atoms with Gasteiger partial charge in [-0.25, -0.2) is 5.43 Å². The van der Waals surface area contributed by atoms with Gasteiger partial charge in [0.15, 0.2) is 6.10 Å². The molecule has 0 aliphatic heterocycles. The van der Waals surface area contributed by atoms with Gasteiger partial charge in [-0.2, -0.15) is 5.10 Å². The van der Waals surface area contributed by atoms with Crippen LogP contribution in [0.2, 0.25) is 0 Å². The van der Waals surface area contributed by atoms with Crippen molar-refractivity contribution < 1.29 is 14.6 Å². The summed E-state index contributed by atoms with van der Waals surface area (Å²) in [6.45, 7) is 0. The summed E-state index contributed by atoms with van der Waals surface area (Å²) in [5, 5.41) is 13.8. The fraction of sp³-hybridized carbons (Fsp3) is 0.125. The Balaban J connectivity index is 1.93. The van der Waals surface area contributed by atoms with E-state index in [0.29, 0.717) is 5.56 Å². The third kappa shape index (κ3) is 4.41. The Hall–Kier alpha value is -2.18. The number of nitrogens with one attached hydrogen (secondary N) is 1. The van der Waals surface area contributed by atoms with Crippen molar-refractivity contribution in [2.75, 3.05) is 7.11 Å². The van der Waals surface area contributed by atoms with Gasteiger partial charge in [0.25, 0.3) is 5.91 Å². The molecule has 0 aromatic heterocycles. The number of amides is 1. The van der Waals surface area contributed by atoms with Crippen molar-refractivity contribution in [1.82, 2.24) is 5.43 Å². The number of methoxy groups -OCH3 is 1. The number of rotatable bonds is 5. The molecule has 6 heteroatoms. The molecule has 0 saturated heterocycles. The molecule has 2 aromatic carbocycles. The molecule has 114 valence electrons. The summed E-state index contributed by atoms with van der Waals surface area (Å²) in [6.07, 6.45) is 0.229. The van der Waals surface area contributed by atoms with Crippen LogP contribution in [-0.4, -0.2) is 24.3 Å². The Morgan fingerprint density at radius 1 is 1.23 bits per heavy atom. The Morgan fingerprint density at radius 2 is 1.86 bits per heavy atom. The van der Waals surface area contributed by atoms with Crippen LogP contribution < -0.4 is 10.2 Å². The van der Waals surface area contributed by atoms with E-state index in [9.17, 15) is 9.90 Å². The molecule has 0 heterocycles. The number of nitrogens with zero attached hydrogens (tertiary/aromatic N) is 1. The van der Waals surface area contributed by atoms with Crippen LogP contribution in [0.15, 0.2) is 58.1 Å². The largest absolute Gasteiger partial charge is 0.497 e. The first-order valence-corrected chi connectivity index (χ1v) is 7.30. The summed E-state index contributed by atoms with van der Waals surface area (Å²) in [6, 6.07) is 14.0. The summed E-state index contributed by atoms with van der Waals surface area (Å²) in [4.78, 5) is 11.8. The highest BCUT2D eigenvalue weighted by atomic mass is 79.9. The van der Waals surface area contributed by atoms with Crippen LogP contribution >= 0.6 is 15.9 Å². The molecular formula is C16H15BrN2O3. The Labute approximate surface area is 136 Å². The second kappa shape index (κ2) is 7.72. The molecule has 0 radical (unpaired) electrons. The van der Waals surface area contributed by atoms with E-state index in [2.05, 4.69) is 26.5 Å². The number of hydrazone groups is 1. The van der Waals surface area contributed by atoms with E-state index >= 15 is 0 Å². The van der Waals surface area contributed by atoms with Crippen LogP contribution in [0.25, 0.3) is 0 Å². The fourth-order valence-electron chi connectivity index (χ4n) is 1.72. The van der Waals surface area contributed by atoms with Crippen molar-refractivity contribution in [3.63, 3.8) is 0 Å². The maximum absolute atomic E-state index is 11.8. The van der Waals surface area contributed by atoms with Crippen LogP contribution in [0.3, 0.4) is 0 Å². The fourth-order valence-corrected chi connectivity index (χ4v) is 1.98. The average Bonchev–Trinajstić information content (AvgIpc) is 2.55. The topological polar surface area (TPSA) is 70.9 Å². The van der Waals surface area contributed by atoms with E-state index in [1.165, 1.54) is 6.21 Å². The first-order chi connectivity index (χ1) is 10.6. The molecule has 1 amide bonds. The first-order valence-electron chi connectivity index (χ1n) is 6.50. The van der Waals surface area contributed by atoms with Gasteiger partial charge in [0.05, 0.1) is 13.3 Å². The molecule has 2 N–H and O–H groups in total. The second-order valence-electron chi connectivity index (χ2n) is 4.46. The molecule has 5 nitrogen and oxygen atoms in total. The number of benzene rings is 2. The average molecular weight is 363 g/mol. The summed E-state index contributed by atoms with van der Waals surface area (Å²) in [7, 11) is 1.59. The minimum absolute atomic E-state index is 0.500. The van der Waals surface area contributed by atoms with Gasteiger partial charge in [-0.1, -0.05) is 28.1 Å². The van der Waals surface area contributed by atoms with Gasteiger partial charge in [-0.3, -0.25) is 4.79 Å². The molecule has 0 spiro atoms. The van der Waals surface area contributed by atoms with Gasteiger partial charge in [-0.15, -0.1) is 0 Å². The van der Waals surface area contributed by atoms with Gasteiger partial charge in [0, 0.05) is 4.47 Å². The lowest BCUT2D eigenvalue weighted by Crippen LogP contribution is -2.25. The summed E-state index contributed by atoms with van der Waals surface area (Å²) < 4.78 is 5.93. The minimum Gasteiger partial charge on any atom is -0.497 e. The SMILES string of the molecule is COc1ccc(/C=N/NC(=O)[C@@H](O)c2ccc(Br)cc2)cc1. The van der Waals surface area contributed by atoms with E-state index in [1.807, 2.05) is 0 Å². The molecule has 2 rings (SSSR count). The highest BCUT2D eigenvalue weighted by molar-refractivity contribution is 9.10. The lowest BCUT2D eigenvalue weighted by Gasteiger charge is -2.08. The van der Waals surface area contributed by atoms with Crippen molar-refractivity contribution in [1.29, 1.82) is 0 Å². The van der Waals surface area contributed by atoms with Crippen LogP contribution in [0.4, 0.5) is 0 Å². The van der Waals surface area contributed by atoms with Gasteiger partial charge < -0.3 is 9.84 Å². The summed E-state index contributed by atoms with van der Waals surface area (Å²) >= 11 is 3.30. The first kappa shape index (κ1) is 16.2. The predicted molar refractivity (Wildman–Crippen MR) is 87.8 cm³/mol. The minimum atomic E-state index is -1.26. The van der Waals surface area contributed by atoms with Crippen LogP contribution in [0, 0.1) is 0 Å². The van der Waals surface area contributed by atoms with E-state index < -0.39 is 12.0 Å². The lowest BCUT2D eigenvalue weighted by molar-refractivity contribution is -0.129. The molecule has 0 bridgehead atoms. The van der Waals surface area contributed by atoms with Crippen molar-refractivity contribution in [2.45, 2.75) is 6.10 Å². The number of aliphatic hydroxyl groups excluding tert-OH is 1. The zero-order valence-electron chi connectivity index (χ0n) is 11.9. The van der Waals surface area contributed by atoms with E-state index in [-0.39, 0.29) is 0 Å². The highest BCUT2D eigenvalue weighted by Gasteiger charge is 2.16. The summed E-state index contributed by atoms with van der Waals surface area (Å²) in [5.41, 5.74) is 3.62. The number of carbonyl (C=O) groups is 1. The van der Waals surface area contributed by atoms with E-state index in [0.717, 1.165) is 15.8 Å². The molecule has 1 atom stereocenters. The number of aliphatic hydroxyl groups is 1. The predicted octanol–water partition coefficient (Wildman–Crippen LogP) is 2.64. The number of carbonyl (C=O) groups excluding carboxylic acids is 1. The molecule has 0 unspecified atom stereocenters. The van der Waals surface area contributed by atoms with E-state index in [1.54, 1.807) is 55.6 Å². The third-order valence-corrected chi connectivity index (χ3v) is 3.47. The zero-order valence-corrected chi connectivity index (χ0v) is 13.4. The molecular weight excluding hydrogens is 348 g/mol. The van der Waals surface area contributed by atoms with Crippen LogP contribution in [-0.2, 0) is 4.79 Å². The van der Waals surface area contributed by atoms with Gasteiger partial charge in [0.1, 0.15) is 5.75 Å². The number of hydrogen-bond acceptors (Lipinski definition) is 4. The number of ether oxygens (including phenoxy) is 1. The smallest absolute Gasteiger partial charge is 0.273 e. The molecule has 2 aromatic rings. The zero-order chi connectivity index (χ0) is 15.9. The lowest BCUT2D eigenvalue weighted by atomic mass is 10.1. The van der Waals surface area contributed by atoms with Gasteiger partial charge >= 0.3 is 0 Å². The Kier molecular flexibility index (Phi) is 5.68. The van der Waals surface area contributed by atoms with Crippen LogP contribution in [0.1, 0.15) is 17.2 Å². The highest BCUT2D eigenvalue weighted by Crippen LogP contribution is 2.16. The van der Waals surface area contributed by atoms with Gasteiger partial charge in [-0.05, 0) is 47.5 Å². The molecule has 22 heavy (non-hydrogen) atoms. The molecule has 0 aliphatic rings. The molecule has 0 aliphatic carbocycles. The maximum atomic E-state index is 11.8. The van der Waals surface area contributed by atoms with Crippen molar-refractivity contribution in [3.05, 3.63) is 64.1 Å². The normalized spacial score (nSPS) is 12.1. The Morgan fingerprint density at radius 3 is 2.45 bits per heavy atom. The number of halogens is 1.